The number of hydrogen-bond acceptors (Lipinski definition) is 3. The van der Waals surface area contributed by atoms with Crippen LogP contribution in [0.5, 0.6) is 0 Å². The van der Waals surface area contributed by atoms with Gasteiger partial charge in [-0.1, -0.05) is 16.8 Å². The third-order valence-electron chi connectivity index (χ3n) is 1.53. The van der Waals surface area contributed by atoms with Crippen molar-refractivity contribution in [2.45, 2.75) is 0 Å². The van der Waals surface area contributed by atoms with Crippen LogP contribution in [-0.4, -0.2) is 10.1 Å². The Morgan fingerprint density at radius 3 is 2.85 bits per heavy atom. The van der Waals surface area contributed by atoms with Crippen LogP contribution < -0.4 is 0 Å². The molecule has 0 N–H and O–H groups in total. The molecule has 0 saturated carbocycles. The second-order valence-electron chi connectivity index (χ2n) is 2.38. The SMILES string of the molecule is Clc1ccc(-c2ncon2)c(I)c1. The fourth-order valence-corrected chi connectivity index (χ4v) is 2.07. The van der Waals surface area contributed by atoms with E-state index in [1.54, 1.807) is 6.07 Å². The predicted molar refractivity (Wildman–Crippen MR) is 57.5 cm³/mol. The van der Waals surface area contributed by atoms with Crippen molar-refractivity contribution in [3.8, 4) is 11.4 Å². The van der Waals surface area contributed by atoms with E-state index in [2.05, 4.69) is 37.3 Å². The summed E-state index contributed by atoms with van der Waals surface area (Å²) in [4.78, 5) is 3.95. The van der Waals surface area contributed by atoms with Crippen molar-refractivity contribution < 1.29 is 4.52 Å². The minimum atomic E-state index is 0.584. The van der Waals surface area contributed by atoms with E-state index in [9.17, 15) is 0 Å². The van der Waals surface area contributed by atoms with Crippen molar-refractivity contribution >= 4 is 34.2 Å². The van der Waals surface area contributed by atoms with Crippen LogP contribution in [0.3, 0.4) is 0 Å². The molecule has 0 aliphatic heterocycles. The van der Waals surface area contributed by atoms with Gasteiger partial charge in [-0.15, -0.1) is 0 Å². The molecule has 1 aromatic heterocycles. The number of benzene rings is 1. The molecule has 0 amide bonds. The second kappa shape index (κ2) is 3.63. The van der Waals surface area contributed by atoms with Crippen LogP contribution in [0.25, 0.3) is 11.4 Å². The molecule has 0 fully saturated rings. The van der Waals surface area contributed by atoms with E-state index < -0.39 is 0 Å². The fourth-order valence-electron chi connectivity index (χ4n) is 0.960. The van der Waals surface area contributed by atoms with Gasteiger partial charge >= 0.3 is 0 Å². The first-order chi connectivity index (χ1) is 6.27. The molecule has 13 heavy (non-hydrogen) atoms. The van der Waals surface area contributed by atoms with Crippen LogP contribution in [0.2, 0.25) is 5.02 Å². The van der Waals surface area contributed by atoms with Gasteiger partial charge in [0.2, 0.25) is 12.2 Å². The number of nitrogens with zero attached hydrogens (tertiary/aromatic N) is 2. The molecule has 2 aromatic rings. The number of halogens is 2. The van der Waals surface area contributed by atoms with Crippen molar-refractivity contribution in [3.05, 3.63) is 33.2 Å². The van der Waals surface area contributed by atoms with Gasteiger partial charge in [-0.3, -0.25) is 0 Å². The van der Waals surface area contributed by atoms with Gasteiger partial charge in [0.05, 0.1) is 0 Å². The predicted octanol–water partition coefficient (Wildman–Crippen LogP) is 2.99. The van der Waals surface area contributed by atoms with Gasteiger partial charge in [-0.05, 0) is 40.8 Å². The Balaban J connectivity index is 2.53. The summed E-state index contributed by atoms with van der Waals surface area (Å²) in [6.07, 6.45) is 1.31. The van der Waals surface area contributed by atoms with E-state index in [4.69, 9.17) is 11.6 Å². The standard InChI is InChI=1S/C8H4ClIN2O/c9-5-1-2-6(7(10)3-5)8-11-4-13-12-8/h1-4H. The maximum absolute atomic E-state index is 5.81. The molecular formula is C8H4ClIN2O. The molecule has 0 aliphatic rings. The minimum Gasteiger partial charge on any atom is -0.342 e. The third kappa shape index (κ3) is 1.83. The zero-order valence-electron chi connectivity index (χ0n) is 6.37. The summed E-state index contributed by atoms with van der Waals surface area (Å²) in [6, 6.07) is 5.53. The monoisotopic (exact) mass is 306 g/mol. The molecule has 1 aromatic carbocycles. The molecule has 3 nitrogen and oxygen atoms in total. The van der Waals surface area contributed by atoms with E-state index in [0.29, 0.717) is 10.8 Å². The van der Waals surface area contributed by atoms with Crippen molar-refractivity contribution in [2.24, 2.45) is 0 Å². The molecule has 0 atom stereocenters. The van der Waals surface area contributed by atoms with Crippen molar-refractivity contribution in [2.75, 3.05) is 0 Å². The van der Waals surface area contributed by atoms with Gasteiger partial charge in [0.25, 0.3) is 0 Å². The van der Waals surface area contributed by atoms with E-state index in [1.165, 1.54) is 6.39 Å². The molecule has 0 radical (unpaired) electrons. The summed E-state index contributed by atoms with van der Waals surface area (Å²) >= 11 is 7.99. The summed E-state index contributed by atoms with van der Waals surface area (Å²) in [5.74, 6) is 0.584. The lowest BCUT2D eigenvalue weighted by atomic mass is 10.2. The van der Waals surface area contributed by atoms with Crippen LogP contribution in [-0.2, 0) is 0 Å². The van der Waals surface area contributed by atoms with Crippen molar-refractivity contribution in [1.29, 1.82) is 0 Å². The van der Waals surface area contributed by atoms with Gasteiger partial charge in [-0.2, -0.15) is 4.98 Å². The Kier molecular flexibility index (Phi) is 2.50. The Morgan fingerprint density at radius 1 is 1.38 bits per heavy atom. The molecule has 0 bridgehead atoms. The molecular weight excluding hydrogens is 302 g/mol. The van der Waals surface area contributed by atoms with Crippen LogP contribution in [0.1, 0.15) is 0 Å². The highest BCUT2D eigenvalue weighted by Crippen LogP contribution is 2.24. The lowest BCUT2D eigenvalue weighted by Crippen LogP contribution is -1.84. The maximum atomic E-state index is 5.81. The summed E-state index contributed by atoms with van der Waals surface area (Å²) in [6.45, 7) is 0. The zero-order valence-corrected chi connectivity index (χ0v) is 9.28. The van der Waals surface area contributed by atoms with Gasteiger partial charge in [-0.25, -0.2) is 0 Å². The fraction of sp³-hybridized carbons (Fsp3) is 0. The smallest absolute Gasteiger partial charge is 0.214 e. The zero-order chi connectivity index (χ0) is 9.26. The van der Waals surface area contributed by atoms with Crippen LogP contribution in [0.4, 0.5) is 0 Å². The molecule has 0 aliphatic carbocycles. The number of rotatable bonds is 1. The Bertz CT molecular complexity index is 416. The van der Waals surface area contributed by atoms with Gasteiger partial charge in [0.1, 0.15) is 0 Å². The van der Waals surface area contributed by atoms with Gasteiger partial charge in [0.15, 0.2) is 0 Å². The van der Waals surface area contributed by atoms with Crippen molar-refractivity contribution in [3.63, 3.8) is 0 Å². The average molecular weight is 306 g/mol. The van der Waals surface area contributed by atoms with Gasteiger partial charge in [0, 0.05) is 14.2 Å². The first-order valence-electron chi connectivity index (χ1n) is 3.49. The third-order valence-corrected chi connectivity index (χ3v) is 2.66. The lowest BCUT2D eigenvalue weighted by molar-refractivity contribution is 0.418. The molecule has 0 unspecified atom stereocenters. The number of aromatic nitrogens is 2. The quantitative estimate of drug-likeness (QED) is 0.760. The summed E-state index contributed by atoms with van der Waals surface area (Å²) < 4.78 is 5.66. The molecule has 2 rings (SSSR count). The lowest BCUT2D eigenvalue weighted by Gasteiger charge is -1.98. The average Bonchev–Trinajstić information content (AvgIpc) is 2.56. The van der Waals surface area contributed by atoms with E-state index in [1.807, 2.05) is 12.1 Å². The highest BCUT2D eigenvalue weighted by atomic mass is 127. The second-order valence-corrected chi connectivity index (χ2v) is 3.98. The largest absolute Gasteiger partial charge is 0.342 e. The van der Waals surface area contributed by atoms with Gasteiger partial charge < -0.3 is 4.52 Å². The van der Waals surface area contributed by atoms with E-state index in [0.717, 1.165) is 9.13 Å². The van der Waals surface area contributed by atoms with Crippen LogP contribution >= 0.6 is 34.2 Å². The molecule has 0 saturated heterocycles. The highest BCUT2D eigenvalue weighted by Gasteiger charge is 2.07. The van der Waals surface area contributed by atoms with Crippen LogP contribution in [0, 0.1) is 3.57 Å². The summed E-state index contributed by atoms with van der Waals surface area (Å²) in [5, 5.41) is 4.45. The molecule has 1 heterocycles. The van der Waals surface area contributed by atoms with E-state index in [-0.39, 0.29) is 0 Å². The summed E-state index contributed by atoms with van der Waals surface area (Å²) in [7, 11) is 0. The normalized spacial score (nSPS) is 10.3. The Hall–Kier alpha value is -0.620. The maximum Gasteiger partial charge on any atom is 0.214 e. The van der Waals surface area contributed by atoms with Crippen LogP contribution in [0.15, 0.2) is 29.1 Å². The first-order valence-corrected chi connectivity index (χ1v) is 4.95. The van der Waals surface area contributed by atoms with Crippen molar-refractivity contribution in [1.82, 2.24) is 10.1 Å². The number of hydrogen-bond donors (Lipinski definition) is 0. The molecule has 0 spiro atoms. The topological polar surface area (TPSA) is 38.9 Å². The van der Waals surface area contributed by atoms with E-state index >= 15 is 0 Å². The molecule has 66 valence electrons. The first kappa shape index (κ1) is 8.96. The Morgan fingerprint density at radius 2 is 2.23 bits per heavy atom. The summed E-state index contributed by atoms with van der Waals surface area (Å²) in [5.41, 5.74) is 0.929. The highest BCUT2D eigenvalue weighted by molar-refractivity contribution is 14.1. The minimum absolute atomic E-state index is 0.584. The Labute approximate surface area is 93.2 Å². The molecule has 5 heteroatoms.